The van der Waals surface area contributed by atoms with Crippen LogP contribution in [0.1, 0.15) is 23.1 Å². The third-order valence-electron chi connectivity index (χ3n) is 3.18. The molecule has 0 spiro atoms. The van der Waals surface area contributed by atoms with E-state index in [-0.39, 0.29) is 5.56 Å². The Balaban J connectivity index is 1.75. The van der Waals surface area contributed by atoms with E-state index in [1.54, 1.807) is 12.1 Å². The molecule has 0 radical (unpaired) electrons. The van der Waals surface area contributed by atoms with Crippen LogP contribution in [0.2, 0.25) is 0 Å². The second kappa shape index (κ2) is 7.42. The highest BCUT2D eigenvalue weighted by molar-refractivity contribution is 5.34. The van der Waals surface area contributed by atoms with Crippen molar-refractivity contribution in [3.05, 3.63) is 71.0 Å². The molecule has 1 N–H and O–H groups in total. The third-order valence-corrected chi connectivity index (χ3v) is 3.18. The average Bonchev–Trinajstić information content (AvgIpc) is 2.49. The fourth-order valence-electron chi connectivity index (χ4n) is 2.09. The number of hydrogen-bond donors (Lipinski definition) is 1. The summed E-state index contributed by atoms with van der Waals surface area (Å²) in [5.41, 5.74) is 1.96. The normalized spacial score (nSPS) is 10.2. The molecule has 2 rings (SSSR count). The molecule has 102 valence electrons. The Morgan fingerprint density at radius 3 is 2.60 bits per heavy atom. The van der Waals surface area contributed by atoms with Crippen LogP contribution in [0.3, 0.4) is 0 Å². The summed E-state index contributed by atoms with van der Waals surface area (Å²) >= 11 is 0. The van der Waals surface area contributed by atoms with Crippen LogP contribution in [-0.2, 0) is 13.0 Å². The summed E-state index contributed by atoms with van der Waals surface area (Å²) in [6.07, 6.45) is 2.01. The molecule has 0 atom stereocenters. The predicted octanol–water partition coefficient (Wildman–Crippen LogP) is 3.42. The van der Waals surface area contributed by atoms with E-state index in [0.717, 1.165) is 19.4 Å². The zero-order chi connectivity index (χ0) is 14.2. The van der Waals surface area contributed by atoms with Crippen LogP contribution in [0.4, 0.5) is 4.39 Å². The van der Waals surface area contributed by atoms with Crippen molar-refractivity contribution in [3.8, 4) is 6.07 Å². The zero-order valence-corrected chi connectivity index (χ0v) is 11.3. The van der Waals surface area contributed by atoms with Crippen LogP contribution >= 0.6 is 0 Å². The first-order valence-electron chi connectivity index (χ1n) is 6.73. The van der Waals surface area contributed by atoms with Crippen molar-refractivity contribution >= 4 is 0 Å². The number of hydrogen-bond acceptors (Lipinski definition) is 2. The first kappa shape index (κ1) is 14.2. The van der Waals surface area contributed by atoms with E-state index in [9.17, 15) is 4.39 Å². The largest absolute Gasteiger partial charge is 0.313 e. The molecule has 0 aliphatic rings. The molecule has 0 bridgehead atoms. The van der Waals surface area contributed by atoms with Gasteiger partial charge in [0, 0.05) is 12.1 Å². The lowest BCUT2D eigenvalue weighted by Crippen LogP contribution is -2.16. The second-order valence-electron chi connectivity index (χ2n) is 4.66. The highest BCUT2D eigenvalue weighted by atomic mass is 19.1. The number of nitrogens with zero attached hydrogens (tertiary/aromatic N) is 1. The van der Waals surface area contributed by atoms with Gasteiger partial charge in [-0.2, -0.15) is 5.26 Å². The van der Waals surface area contributed by atoms with Gasteiger partial charge < -0.3 is 5.32 Å². The molecule has 0 unspecified atom stereocenters. The molecule has 2 aromatic carbocycles. The standard InChI is InChI=1S/C17H17FN2/c18-17-15(12-19)9-4-10-16(17)13-20-11-5-8-14-6-2-1-3-7-14/h1-4,6-7,9-10,20H,5,8,11,13H2. The highest BCUT2D eigenvalue weighted by Gasteiger charge is 2.06. The first-order chi connectivity index (χ1) is 9.81. The molecule has 0 heterocycles. The van der Waals surface area contributed by atoms with Gasteiger partial charge in [0.15, 0.2) is 0 Å². The van der Waals surface area contributed by atoms with Crippen molar-refractivity contribution in [2.45, 2.75) is 19.4 Å². The summed E-state index contributed by atoms with van der Waals surface area (Å²) in [7, 11) is 0. The molecule has 3 heteroatoms. The molecule has 0 saturated carbocycles. The first-order valence-corrected chi connectivity index (χ1v) is 6.73. The van der Waals surface area contributed by atoms with Crippen LogP contribution in [0.25, 0.3) is 0 Å². The van der Waals surface area contributed by atoms with Gasteiger partial charge in [-0.3, -0.25) is 0 Å². The van der Waals surface area contributed by atoms with Gasteiger partial charge in [-0.05, 0) is 31.0 Å². The highest BCUT2D eigenvalue weighted by Crippen LogP contribution is 2.11. The van der Waals surface area contributed by atoms with Gasteiger partial charge in [0.1, 0.15) is 11.9 Å². The van der Waals surface area contributed by atoms with E-state index in [4.69, 9.17) is 5.26 Å². The number of benzene rings is 2. The van der Waals surface area contributed by atoms with Crippen LogP contribution in [0.15, 0.2) is 48.5 Å². The lowest BCUT2D eigenvalue weighted by molar-refractivity contribution is 0.579. The maximum absolute atomic E-state index is 13.8. The van der Waals surface area contributed by atoms with Crippen LogP contribution < -0.4 is 5.32 Å². The Morgan fingerprint density at radius 1 is 1.05 bits per heavy atom. The molecule has 0 aliphatic carbocycles. The van der Waals surface area contributed by atoms with Crippen LogP contribution in [-0.4, -0.2) is 6.54 Å². The molecule has 20 heavy (non-hydrogen) atoms. The Morgan fingerprint density at radius 2 is 1.85 bits per heavy atom. The van der Waals surface area contributed by atoms with Gasteiger partial charge in [-0.15, -0.1) is 0 Å². The SMILES string of the molecule is N#Cc1cccc(CNCCCc2ccccc2)c1F. The average molecular weight is 268 g/mol. The second-order valence-corrected chi connectivity index (χ2v) is 4.66. The summed E-state index contributed by atoms with van der Waals surface area (Å²) in [6, 6.07) is 17.1. The van der Waals surface area contributed by atoms with Gasteiger partial charge in [0.25, 0.3) is 0 Å². The van der Waals surface area contributed by atoms with Gasteiger partial charge in [-0.1, -0.05) is 42.5 Å². The van der Waals surface area contributed by atoms with Crippen molar-refractivity contribution in [1.82, 2.24) is 5.32 Å². The lowest BCUT2D eigenvalue weighted by Gasteiger charge is -2.07. The summed E-state index contributed by atoms with van der Waals surface area (Å²) in [5.74, 6) is -0.412. The van der Waals surface area contributed by atoms with Crippen LogP contribution in [0, 0.1) is 17.1 Å². The molecule has 2 aromatic rings. The topological polar surface area (TPSA) is 35.8 Å². The van der Waals surface area contributed by atoms with Gasteiger partial charge in [0.2, 0.25) is 0 Å². The van der Waals surface area contributed by atoms with Crippen molar-refractivity contribution in [1.29, 1.82) is 5.26 Å². The Hall–Kier alpha value is -2.18. The Bertz CT molecular complexity index is 588. The quantitative estimate of drug-likeness (QED) is 0.815. The number of nitriles is 1. The molecular weight excluding hydrogens is 251 g/mol. The molecule has 0 amide bonds. The fourth-order valence-corrected chi connectivity index (χ4v) is 2.09. The molecule has 2 nitrogen and oxygen atoms in total. The van der Waals surface area contributed by atoms with E-state index >= 15 is 0 Å². The molecule has 0 aromatic heterocycles. The number of aryl methyl sites for hydroxylation is 1. The zero-order valence-electron chi connectivity index (χ0n) is 11.3. The smallest absolute Gasteiger partial charge is 0.145 e. The van der Waals surface area contributed by atoms with Gasteiger partial charge >= 0.3 is 0 Å². The molecule has 0 saturated heterocycles. The summed E-state index contributed by atoms with van der Waals surface area (Å²) in [6.45, 7) is 1.28. The number of rotatable bonds is 6. The Labute approximate surface area is 118 Å². The number of halogens is 1. The van der Waals surface area contributed by atoms with E-state index in [1.807, 2.05) is 24.3 Å². The van der Waals surface area contributed by atoms with E-state index in [1.165, 1.54) is 11.6 Å². The van der Waals surface area contributed by atoms with Crippen molar-refractivity contribution < 1.29 is 4.39 Å². The maximum Gasteiger partial charge on any atom is 0.145 e. The van der Waals surface area contributed by atoms with Gasteiger partial charge in [-0.25, -0.2) is 4.39 Å². The summed E-state index contributed by atoms with van der Waals surface area (Å²) in [4.78, 5) is 0. The Kier molecular flexibility index (Phi) is 5.28. The number of nitrogens with one attached hydrogen (secondary N) is 1. The lowest BCUT2D eigenvalue weighted by atomic mass is 10.1. The monoisotopic (exact) mass is 268 g/mol. The summed E-state index contributed by atoms with van der Waals surface area (Å²) < 4.78 is 13.8. The third kappa shape index (κ3) is 3.91. The summed E-state index contributed by atoms with van der Waals surface area (Å²) in [5, 5.41) is 12.0. The van der Waals surface area contributed by atoms with E-state index in [2.05, 4.69) is 17.4 Å². The van der Waals surface area contributed by atoms with Crippen molar-refractivity contribution in [3.63, 3.8) is 0 Å². The maximum atomic E-state index is 13.8. The van der Waals surface area contributed by atoms with E-state index in [0.29, 0.717) is 12.1 Å². The van der Waals surface area contributed by atoms with E-state index < -0.39 is 5.82 Å². The van der Waals surface area contributed by atoms with Gasteiger partial charge in [0.05, 0.1) is 5.56 Å². The molecule has 0 aliphatic heterocycles. The predicted molar refractivity (Wildman–Crippen MR) is 77.6 cm³/mol. The molecular formula is C17H17FN2. The minimum Gasteiger partial charge on any atom is -0.313 e. The minimum absolute atomic E-state index is 0.105. The minimum atomic E-state index is -0.412. The fraction of sp³-hybridized carbons (Fsp3) is 0.235. The van der Waals surface area contributed by atoms with Crippen molar-refractivity contribution in [2.24, 2.45) is 0 Å². The van der Waals surface area contributed by atoms with Crippen molar-refractivity contribution in [2.75, 3.05) is 6.54 Å². The van der Waals surface area contributed by atoms with Crippen LogP contribution in [0.5, 0.6) is 0 Å². The molecule has 0 fully saturated rings.